The molecule has 1 fully saturated rings. The summed E-state index contributed by atoms with van der Waals surface area (Å²) < 4.78 is 5.72. The number of rotatable bonds is 3. The molecular weight excluding hydrogens is 264 g/mol. The Labute approximate surface area is 124 Å². The van der Waals surface area contributed by atoms with Crippen molar-refractivity contribution < 1.29 is 4.74 Å². The summed E-state index contributed by atoms with van der Waals surface area (Å²) in [4.78, 5) is 6.84. The molecule has 0 saturated carbocycles. The molecule has 5 heteroatoms. The van der Waals surface area contributed by atoms with Crippen LogP contribution in [-0.4, -0.2) is 44.4 Å². The molecule has 1 aromatic carbocycles. The predicted molar refractivity (Wildman–Crippen MR) is 82.3 cm³/mol. The third-order valence-corrected chi connectivity index (χ3v) is 3.69. The van der Waals surface area contributed by atoms with Crippen molar-refractivity contribution in [2.45, 2.75) is 6.10 Å². The van der Waals surface area contributed by atoms with Crippen molar-refractivity contribution >= 4 is 16.7 Å². The largest absolute Gasteiger partial charge is 0.373 e. The van der Waals surface area contributed by atoms with Crippen LogP contribution in [0.4, 0.5) is 5.82 Å². The molecule has 21 heavy (non-hydrogen) atoms. The van der Waals surface area contributed by atoms with Gasteiger partial charge in [-0.05, 0) is 19.2 Å². The zero-order chi connectivity index (χ0) is 14.7. The maximum Gasteiger partial charge on any atom is 0.147 e. The summed E-state index contributed by atoms with van der Waals surface area (Å²) in [6, 6.07) is 12.1. The molecule has 3 rings (SSSR count). The molecule has 0 radical (unpaired) electrons. The third-order valence-electron chi connectivity index (χ3n) is 3.69. The molecule has 1 aliphatic rings. The summed E-state index contributed by atoms with van der Waals surface area (Å²) in [5.41, 5.74) is 1.54. The molecule has 0 amide bonds. The van der Waals surface area contributed by atoms with E-state index < -0.39 is 0 Å². The van der Waals surface area contributed by atoms with Gasteiger partial charge in [0.2, 0.25) is 0 Å². The number of benzene rings is 1. The van der Waals surface area contributed by atoms with E-state index in [9.17, 15) is 5.26 Å². The number of ether oxygens (including phenoxy) is 1. The Kier molecular flexibility index (Phi) is 4.00. The fourth-order valence-electron chi connectivity index (χ4n) is 2.69. The number of hydrogen-bond acceptors (Lipinski definition) is 5. The summed E-state index contributed by atoms with van der Waals surface area (Å²) in [5, 5.41) is 13.5. The smallest absolute Gasteiger partial charge is 0.147 e. The van der Waals surface area contributed by atoms with Crippen LogP contribution in [0.25, 0.3) is 10.9 Å². The van der Waals surface area contributed by atoms with Gasteiger partial charge >= 0.3 is 0 Å². The van der Waals surface area contributed by atoms with Crippen LogP contribution in [-0.2, 0) is 4.74 Å². The van der Waals surface area contributed by atoms with Crippen molar-refractivity contribution in [3.63, 3.8) is 0 Å². The van der Waals surface area contributed by atoms with Crippen LogP contribution in [0.3, 0.4) is 0 Å². The van der Waals surface area contributed by atoms with Gasteiger partial charge in [-0.2, -0.15) is 5.26 Å². The molecule has 1 unspecified atom stereocenters. The first-order valence-electron chi connectivity index (χ1n) is 7.13. The summed E-state index contributed by atoms with van der Waals surface area (Å²) in [6.45, 7) is 2.97. The first kappa shape index (κ1) is 13.8. The predicted octanol–water partition coefficient (Wildman–Crippen LogP) is 1.53. The van der Waals surface area contributed by atoms with Gasteiger partial charge in [-0.15, -0.1) is 0 Å². The van der Waals surface area contributed by atoms with Crippen molar-refractivity contribution in [1.82, 2.24) is 10.3 Å². The summed E-state index contributed by atoms with van der Waals surface area (Å²) in [6.07, 6.45) is 0.128. The highest BCUT2D eigenvalue weighted by Gasteiger charge is 2.23. The summed E-state index contributed by atoms with van der Waals surface area (Å²) in [7, 11) is 1.91. The first-order valence-corrected chi connectivity index (χ1v) is 7.13. The van der Waals surface area contributed by atoms with Gasteiger partial charge in [0.05, 0.1) is 23.8 Å². The van der Waals surface area contributed by atoms with Crippen molar-refractivity contribution in [1.29, 1.82) is 5.26 Å². The second-order valence-electron chi connectivity index (χ2n) is 5.16. The van der Waals surface area contributed by atoms with Gasteiger partial charge in [-0.1, -0.05) is 18.2 Å². The minimum Gasteiger partial charge on any atom is -0.373 e. The van der Waals surface area contributed by atoms with Crippen LogP contribution in [0.15, 0.2) is 30.3 Å². The molecule has 1 N–H and O–H groups in total. The molecule has 0 aliphatic carbocycles. The van der Waals surface area contributed by atoms with E-state index in [0.717, 1.165) is 36.4 Å². The fourth-order valence-corrected chi connectivity index (χ4v) is 2.69. The van der Waals surface area contributed by atoms with Gasteiger partial charge in [0.1, 0.15) is 11.9 Å². The number of nitrogens with zero attached hydrogens (tertiary/aromatic N) is 3. The number of morpholine rings is 1. The van der Waals surface area contributed by atoms with E-state index in [1.165, 1.54) is 0 Å². The highest BCUT2D eigenvalue weighted by molar-refractivity contribution is 5.83. The molecule has 108 valence electrons. The lowest BCUT2D eigenvalue weighted by Gasteiger charge is -2.34. The van der Waals surface area contributed by atoms with Crippen LogP contribution < -0.4 is 10.2 Å². The SMILES string of the molecule is CNCC1CN(c2nc3ccccc3cc2C#N)CCO1. The van der Waals surface area contributed by atoms with Crippen LogP contribution in [0, 0.1) is 11.3 Å². The average Bonchev–Trinajstić information content (AvgIpc) is 2.54. The van der Waals surface area contributed by atoms with E-state index in [1.807, 2.05) is 37.4 Å². The van der Waals surface area contributed by atoms with Crippen LogP contribution in [0.2, 0.25) is 0 Å². The van der Waals surface area contributed by atoms with Gasteiger partial charge in [-0.25, -0.2) is 4.98 Å². The van der Waals surface area contributed by atoms with Gasteiger partial charge < -0.3 is 15.0 Å². The van der Waals surface area contributed by atoms with E-state index in [4.69, 9.17) is 9.72 Å². The second-order valence-corrected chi connectivity index (χ2v) is 5.16. The number of nitriles is 1. The standard InChI is InChI=1S/C16H18N4O/c1-18-10-14-11-20(6-7-21-14)16-13(9-17)8-12-4-2-3-5-15(12)19-16/h2-5,8,14,18H,6-7,10-11H2,1H3. The number of pyridine rings is 1. The van der Waals surface area contributed by atoms with E-state index in [1.54, 1.807) is 0 Å². The van der Waals surface area contributed by atoms with Crippen molar-refractivity contribution in [3.05, 3.63) is 35.9 Å². The lowest BCUT2D eigenvalue weighted by atomic mass is 10.1. The van der Waals surface area contributed by atoms with Gasteiger partial charge in [0.25, 0.3) is 0 Å². The van der Waals surface area contributed by atoms with Crippen molar-refractivity contribution in [3.8, 4) is 6.07 Å². The lowest BCUT2D eigenvalue weighted by Crippen LogP contribution is -2.46. The number of anilines is 1. The lowest BCUT2D eigenvalue weighted by molar-refractivity contribution is 0.0419. The third kappa shape index (κ3) is 2.82. The normalized spacial score (nSPS) is 18.7. The van der Waals surface area contributed by atoms with Gasteiger partial charge in [0, 0.05) is 25.0 Å². The van der Waals surface area contributed by atoms with E-state index in [-0.39, 0.29) is 6.10 Å². The number of fused-ring (bicyclic) bond motifs is 1. The summed E-state index contributed by atoms with van der Waals surface area (Å²) >= 11 is 0. The molecule has 1 aromatic heterocycles. The molecule has 0 spiro atoms. The van der Waals surface area contributed by atoms with Crippen LogP contribution in [0.5, 0.6) is 0 Å². The molecule has 2 aromatic rings. The zero-order valence-electron chi connectivity index (χ0n) is 12.0. The molecule has 1 aliphatic heterocycles. The molecule has 1 saturated heterocycles. The van der Waals surface area contributed by atoms with E-state index >= 15 is 0 Å². The molecule has 0 bridgehead atoms. The Morgan fingerprint density at radius 3 is 3.14 bits per heavy atom. The summed E-state index contributed by atoms with van der Waals surface area (Å²) in [5.74, 6) is 0.764. The van der Waals surface area contributed by atoms with Crippen molar-refractivity contribution in [2.24, 2.45) is 0 Å². The average molecular weight is 282 g/mol. The molecule has 2 heterocycles. The number of likely N-dealkylation sites (N-methyl/N-ethyl adjacent to an activating group) is 1. The molecule has 5 nitrogen and oxygen atoms in total. The Balaban J connectivity index is 1.97. The molecular formula is C16H18N4O. The van der Waals surface area contributed by atoms with Crippen LogP contribution >= 0.6 is 0 Å². The topological polar surface area (TPSA) is 61.2 Å². The maximum absolute atomic E-state index is 9.42. The first-order chi connectivity index (χ1) is 10.3. The Morgan fingerprint density at radius 1 is 1.48 bits per heavy atom. The van der Waals surface area contributed by atoms with Crippen molar-refractivity contribution in [2.75, 3.05) is 38.2 Å². The Bertz CT molecular complexity index is 678. The zero-order valence-corrected chi connectivity index (χ0v) is 12.0. The minimum atomic E-state index is 0.128. The van der Waals surface area contributed by atoms with E-state index in [2.05, 4.69) is 16.3 Å². The Morgan fingerprint density at radius 2 is 2.33 bits per heavy atom. The number of hydrogen-bond donors (Lipinski definition) is 1. The minimum absolute atomic E-state index is 0.128. The number of para-hydroxylation sites is 1. The second kappa shape index (κ2) is 6.08. The highest BCUT2D eigenvalue weighted by atomic mass is 16.5. The maximum atomic E-state index is 9.42. The quantitative estimate of drug-likeness (QED) is 0.925. The van der Waals surface area contributed by atoms with E-state index in [0.29, 0.717) is 12.2 Å². The number of aromatic nitrogens is 1. The molecule has 1 atom stereocenters. The van der Waals surface area contributed by atoms with Crippen LogP contribution in [0.1, 0.15) is 5.56 Å². The fraction of sp³-hybridized carbons (Fsp3) is 0.375. The number of nitrogens with one attached hydrogen (secondary N) is 1. The highest BCUT2D eigenvalue weighted by Crippen LogP contribution is 2.24. The Hall–Kier alpha value is -2.16. The van der Waals surface area contributed by atoms with Gasteiger partial charge in [0.15, 0.2) is 0 Å². The van der Waals surface area contributed by atoms with Gasteiger partial charge in [-0.3, -0.25) is 0 Å². The monoisotopic (exact) mass is 282 g/mol.